The molecule has 1 aliphatic heterocycles. The number of nitrogens with zero attached hydrogens (tertiary/aromatic N) is 3. The topological polar surface area (TPSA) is 66.7 Å². The van der Waals surface area contributed by atoms with Crippen molar-refractivity contribution in [3.05, 3.63) is 69.2 Å². The molecule has 0 spiro atoms. The van der Waals surface area contributed by atoms with E-state index >= 15 is 0 Å². The molecule has 6 nitrogen and oxygen atoms in total. The molecule has 130 valence electrons. The van der Waals surface area contributed by atoms with Crippen molar-refractivity contribution in [1.29, 1.82) is 0 Å². The highest BCUT2D eigenvalue weighted by Gasteiger charge is 2.32. The lowest BCUT2D eigenvalue weighted by Crippen LogP contribution is -2.54. The van der Waals surface area contributed by atoms with Gasteiger partial charge in [-0.25, -0.2) is 0 Å². The van der Waals surface area contributed by atoms with Gasteiger partial charge in [-0.3, -0.25) is 14.9 Å². The van der Waals surface area contributed by atoms with E-state index < -0.39 is 4.92 Å². The second kappa shape index (κ2) is 7.11. The maximum absolute atomic E-state index is 12.7. The molecular weight excluding hydrogens is 342 g/mol. The van der Waals surface area contributed by atoms with Crippen LogP contribution in [0.2, 0.25) is 5.02 Å². The first-order valence-corrected chi connectivity index (χ1v) is 8.40. The minimum Gasteiger partial charge on any atom is -0.361 e. The Morgan fingerprint density at radius 2 is 1.88 bits per heavy atom. The van der Waals surface area contributed by atoms with Crippen molar-refractivity contribution in [2.75, 3.05) is 24.5 Å². The molecule has 1 heterocycles. The third-order valence-corrected chi connectivity index (χ3v) is 4.69. The molecule has 0 aliphatic carbocycles. The number of nitro benzene ring substituents is 1. The third kappa shape index (κ3) is 3.44. The Morgan fingerprint density at radius 1 is 1.16 bits per heavy atom. The zero-order valence-electron chi connectivity index (χ0n) is 13.8. The number of nitro groups is 1. The molecule has 0 bridgehead atoms. The Hall–Kier alpha value is -2.60. The Bertz CT molecular complexity index is 797. The van der Waals surface area contributed by atoms with Gasteiger partial charge in [0.2, 0.25) is 0 Å². The predicted molar refractivity (Wildman–Crippen MR) is 97.3 cm³/mol. The van der Waals surface area contributed by atoms with Crippen molar-refractivity contribution in [2.45, 2.75) is 13.0 Å². The van der Waals surface area contributed by atoms with E-state index in [4.69, 9.17) is 11.6 Å². The van der Waals surface area contributed by atoms with Crippen LogP contribution in [-0.4, -0.2) is 41.4 Å². The van der Waals surface area contributed by atoms with Crippen molar-refractivity contribution in [2.24, 2.45) is 0 Å². The molecule has 1 unspecified atom stereocenters. The molecule has 0 saturated carbocycles. The molecule has 1 saturated heterocycles. The molecule has 3 rings (SSSR count). The fraction of sp³-hybridized carbons (Fsp3) is 0.278. The van der Waals surface area contributed by atoms with E-state index in [2.05, 4.69) is 0 Å². The summed E-state index contributed by atoms with van der Waals surface area (Å²) in [6.45, 7) is 3.41. The molecule has 0 N–H and O–H groups in total. The van der Waals surface area contributed by atoms with Crippen LogP contribution in [0.15, 0.2) is 48.5 Å². The van der Waals surface area contributed by atoms with E-state index in [-0.39, 0.29) is 17.6 Å². The molecule has 0 aromatic heterocycles. The number of carbonyl (C=O) groups is 1. The van der Waals surface area contributed by atoms with Crippen LogP contribution in [0.4, 0.5) is 11.4 Å². The summed E-state index contributed by atoms with van der Waals surface area (Å²) in [7, 11) is 0. The van der Waals surface area contributed by atoms with E-state index in [1.54, 1.807) is 29.2 Å². The molecule has 0 radical (unpaired) electrons. The Kier molecular flexibility index (Phi) is 4.90. The van der Waals surface area contributed by atoms with Crippen molar-refractivity contribution >= 4 is 28.9 Å². The Balaban J connectivity index is 1.81. The number of hydrogen-bond acceptors (Lipinski definition) is 4. The number of hydrogen-bond donors (Lipinski definition) is 0. The lowest BCUT2D eigenvalue weighted by Gasteiger charge is -2.41. The summed E-state index contributed by atoms with van der Waals surface area (Å²) in [5, 5.41) is 11.7. The van der Waals surface area contributed by atoms with Crippen LogP contribution >= 0.6 is 11.6 Å². The van der Waals surface area contributed by atoms with Gasteiger partial charge >= 0.3 is 0 Å². The molecule has 2 aromatic rings. The van der Waals surface area contributed by atoms with E-state index in [1.807, 2.05) is 30.0 Å². The summed E-state index contributed by atoms with van der Waals surface area (Å²) in [6, 6.07) is 13.7. The van der Waals surface area contributed by atoms with Gasteiger partial charge in [-0.15, -0.1) is 0 Å². The summed E-state index contributed by atoms with van der Waals surface area (Å²) < 4.78 is 0. The summed E-state index contributed by atoms with van der Waals surface area (Å²) in [6.07, 6.45) is 0. The Labute approximate surface area is 150 Å². The van der Waals surface area contributed by atoms with Gasteiger partial charge in [0.1, 0.15) is 5.69 Å². The molecule has 1 fully saturated rings. The minimum absolute atomic E-state index is 0.0115. The second-order valence-electron chi connectivity index (χ2n) is 6.02. The number of anilines is 1. The summed E-state index contributed by atoms with van der Waals surface area (Å²) in [5.41, 5.74) is 1.06. The fourth-order valence-corrected chi connectivity index (χ4v) is 3.46. The smallest absolute Gasteiger partial charge is 0.294 e. The first-order chi connectivity index (χ1) is 12.0. The zero-order valence-corrected chi connectivity index (χ0v) is 14.5. The normalized spacial score (nSPS) is 17.4. The van der Waals surface area contributed by atoms with Crippen LogP contribution in [-0.2, 0) is 0 Å². The third-order valence-electron chi connectivity index (χ3n) is 4.39. The van der Waals surface area contributed by atoms with E-state index in [1.165, 1.54) is 6.07 Å². The molecule has 2 aromatic carbocycles. The molecule has 1 atom stereocenters. The quantitative estimate of drug-likeness (QED) is 0.620. The number of amides is 1. The first-order valence-electron chi connectivity index (χ1n) is 8.03. The highest BCUT2D eigenvalue weighted by Crippen LogP contribution is 2.36. The van der Waals surface area contributed by atoms with Gasteiger partial charge in [-0.05, 0) is 25.1 Å². The highest BCUT2D eigenvalue weighted by molar-refractivity contribution is 6.33. The molecule has 7 heteroatoms. The van der Waals surface area contributed by atoms with Crippen LogP contribution in [0.1, 0.15) is 17.3 Å². The van der Waals surface area contributed by atoms with Crippen molar-refractivity contribution in [1.82, 2.24) is 4.90 Å². The van der Waals surface area contributed by atoms with Gasteiger partial charge in [0.15, 0.2) is 0 Å². The maximum Gasteiger partial charge on any atom is 0.294 e. The summed E-state index contributed by atoms with van der Waals surface area (Å²) >= 11 is 6.22. The highest BCUT2D eigenvalue weighted by atomic mass is 35.5. The number of para-hydroxylation sites is 1. The molecule has 1 aliphatic rings. The van der Waals surface area contributed by atoms with Gasteiger partial charge in [-0.2, -0.15) is 0 Å². The SMILES string of the molecule is CC1CN(c2c(Cl)cccc2[N+](=O)[O-])CCN1C(=O)c1ccccc1. The van der Waals surface area contributed by atoms with E-state index in [0.29, 0.717) is 35.9 Å². The monoisotopic (exact) mass is 359 g/mol. The largest absolute Gasteiger partial charge is 0.361 e. The average molecular weight is 360 g/mol. The molecule has 25 heavy (non-hydrogen) atoms. The maximum atomic E-state index is 12.7. The van der Waals surface area contributed by atoms with Gasteiger partial charge in [0.05, 0.1) is 9.95 Å². The minimum atomic E-state index is -0.423. The number of halogens is 1. The lowest BCUT2D eigenvalue weighted by molar-refractivity contribution is -0.384. The lowest BCUT2D eigenvalue weighted by atomic mass is 10.1. The van der Waals surface area contributed by atoms with Gasteiger partial charge in [0.25, 0.3) is 11.6 Å². The molecular formula is C18H18ClN3O3. The second-order valence-corrected chi connectivity index (χ2v) is 6.43. The van der Waals surface area contributed by atoms with E-state index in [0.717, 1.165) is 0 Å². The fourth-order valence-electron chi connectivity index (χ4n) is 3.17. The van der Waals surface area contributed by atoms with Crippen LogP contribution < -0.4 is 4.90 Å². The summed E-state index contributed by atoms with van der Waals surface area (Å²) in [4.78, 5) is 27.2. The predicted octanol–water partition coefficient (Wildman–Crippen LogP) is 3.60. The molecule has 1 amide bonds. The number of carbonyl (C=O) groups excluding carboxylic acids is 1. The van der Waals surface area contributed by atoms with Gasteiger partial charge < -0.3 is 9.80 Å². The van der Waals surface area contributed by atoms with Crippen molar-refractivity contribution in [3.63, 3.8) is 0 Å². The number of benzene rings is 2. The van der Waals surface area contributed by atoms with Crippen LogP contribution in [0.3, 0.4) is 0 Å². The number of piperazine rings is 1. The average Bonchev–Trinajstić information content (AvgIpc) is 2.61. The standard InChI is InChI=1S/C18H18ClN3O3/c1-13-12-20(17-15(19)8-5-9-16(17)22(24)25)10-11-21(13)18(23)14-6-3-2-4-7-14/h2-9,13H,10-12H2,1H3. The van der Waals surface area contributed by atoms with Crippen molar-refractivity contribution in [3.8, 4) is 0 Å². The van der Waals surface area contributed by atoms with Crippen molar-refractivity contribution < 1.29 is 9.72 Å². The Morgan fingerprint density at radius 3 is 2.52 bits per heavy atom. The number of rotatable bonds is 3. The first kappa shape index (κ1) is 17.2. The zero-order chi connectivity index (χ0) is 18.0. The van der Waals surface area contributed by atoms with E-state index in [9.17, 15) is 14.9 Å². The van der Waals surface area contributed by atoms with Crippen LogP contribution in [0.25, 0.3) is 0 Å². The summed E-state index contributed by atoms with van der Waals surface area (Å²) in [5.74, 6) is -0.0265. The van der Waals surface area contributed by atoms with Gasteiger partial charge in [-0.1, -0.05) is 35.9 Å². The van der Waals surface area contributed by atoms with Crippen LogP contribution in [0, 0.1) is 10.1 Å². The van der Waals surface area contributed by atoms with Gasteiger partial charge in [0, 0.05) is 37.3 Å². The van der Waals surface area contributed by atoms with Crippen LogP contribution in [0.5, 0.6) is 0 Å².